The molecule has 2 aliphatic heterocycles. The minimum atomic E-state index is -0.894. The summed E-state index contributed by atoms with van der Waals surface area (Å²) in [7, 11) is 0. The molecule has 1 aromatic heterocycles. The normalized spacial score (nSPS) is 17.5. The van der Waals surface area contributed by atoms with Crippen molar-refractivity contribution in [3.05, 3.63) is 58.5 Å². The number of hydrogen-bond donors (Lipinski definition) is 3. The van der Waals surface area contributed by atoms with Crippen LogP contribution in [0.2, 0.25) is 0 Å². The fourth-order valence-electron chi connectivity index (χ4n) is 4.54. The molecule has 0 saturated heterocycles. The number of benzene rings is 1. The third-order valence-corrected chi connectivity index (χ3v) is 6.20. The van der Waals surface area contributed by atoms with Crippen LogP contribution in [0.4, 0.5) is 15.0 Å². The van der Waals surface area contributed by atoms with Crippen LogP contribution in [0.5, 0.6) is 0 Å². The molecule has 2 amide bonds. The van der Waals surface area contributed by atoms with Gasteiger partial charge in [0, 0.05) is 31.9 Å². The van der Waals surface area contributed by atoms with Crippen LogP contribution in [0, 0.1) is 5.82 Å². The molecule has 32 heavy (non-hydrogen) atoms. The zero-order valence-electron chi connectivity index (χ0n) is 18.1. The smallest absolute Gasteiger partial charge is 0.317 e. The summed E-state index contributed by atoms with van der Waals surface area (Å²) < 4.78 is 13.8. The SMILES string of the molecule is O=C(O)CC1CCN(C(=O)NCCCc2ccc3c(n2)NCCC3)Cc2cc(F)ccc21. The fourth-order valence-corrected chi connectivity index (χ4v) is 4.54. The molecule has 0 fully saturated rings. The van der Waals surface area contributed by atoms with Crippen molar-refractivity contribution in [2.24, 2.45) is 0 Å². The lowest BCUT2D eigenvalue weighted by atomic mass is 9.90. The van der Waals surface area contributed by atoms with Gasteiger partial charge in [0.2, 0.25) is 0 Å². The number of amides is 2. The number of carboxylic acid groups (broad SMARTS) is 1. The van der Waals surface area contributed by atoms with Crippen LogP contribution in [0.15, 0.2) is 30.3 Å². The van der Waals surface area contributed by atoms with Crippen molar-refractivity contribution in [2.75, 3.05) is 25.0 Å². The van der Waals surface area contributed by atoms with E-state index in [-0.39, 0.29) is 30.7 Å². The molecular weight excluding hydrogens is 411 g/mol. The molecule has 0 spiro atoms. The van der Waals surface area contributed by atoms with E-state index in [9.17, 15) is 19.1 Å². The Morgan fingerprint density at radius 1 is 1.25 bits per heavy atom. The summed E-state index contributed by atoms with van der Waals surface area (Å²) >= 11 is 0. The zero-order valence-corrected chi connectivity index (χ0v) is 18.1. The van der Waals surface area contributed by atoms with Gasteiger partial charge in [-0.25, -0.2) is 14.2 Å². The number of urea groups is 1. The first kappa shape index (κ1) is 22.0. The summed E-state index contributed by atoms with van der Waals surface area (Å²) in [6.07, 6.45) is 4.22. The predicted octanol–water partition coefficient (Wildman–Crippen LogP) is 3.69. The molecule has 4 rings (SSSR count). The molecule has 0 radical (unpaired) electrons. The number of hydrogen-bond acceptors (Lipinski definition) is 4. The van der Waals surface area contributed by atoms with E-state index >= 15 is 0 Å². The van der Waals surface area contributed by atoms with Crippen LogP contribution in [0.1, 0.15) is 54.0 Å². The summed E-state index contributed by atoms with van der Waals surface area (Å²) in [5.41, 5.74) is 3.75. The van der Waals surface area contributed by atoms with Crippen molar-refractivity contribution in [3.63, 3.8) is 0 Å². The Morgan fingerprint density at radius 3 is 2.97 bits per heavy atom. The van der Waals surface area contributed by atoms with Gasteiger partial charge in [-0.1, -0.05) is 12.1 Å². The lowest BCUT2D eigenvalue weighted by Crippen LogP contribution is -2.40. The van der Waals surface area contributed by atoms with Gasteiger partial charge >= 0.3 is 12.0 Å². The van der Waals surface area contributed by atoms with Crippen molar-refractivity contribution in [3.8, 4) is 0 Å². The first-order chi connectivity index (χ1) is 15.5. The lowest BCUT2D eigenvalue weighted by Gasteiger charge is -2.21. The third kappa shape index (κ3) is 5.36. The van der Waals surface area contributed by atoms with Crippen molar-refractivity contribution >= 4 is 17.8 Å². The number of aryl methyl sites for hydroxylation is 2. The van der Waals surface area contributed by atoms with Crippen LogP contribution in [-0.2, 0) is 24.2 Å². The molecule has 0 aliphatic carbocycles. The molecule has 170 valence electrons. The number of halogens is 1. The van der Waals surface area contributed by atoms with E-state index in [2.05, 4.69) is 27.8 Å². The number of aliphatic carboxylic acids is 1. The molecule has 1 aromatic carbocycles. The van der Waals surface area contributed by atoms with Crippen LogP contribution in [0.25, 0.3) is 0 Å². The number of aromatic nitrogens is 1. The van der Waals surface area contributed by atoms with Gasteiger partial charge in [0.05, 0.1) is 6.42 Å². The van der Waals surface area contributed by atoms with E-state index in [0.29, 0.717) is 25.1 Å². The van der Waals surface area contributed by atoms with Crippen molar-refractivity contribution in [1.29, 1.82) is 0 Å². The lowest BCUT2D eigenvalue weighted by molar-refractivity contribution is -0.137. The molecule has 0 saturated carbocycles. The molecule has 2 aromatic rings. The third-order valence-electron chi connectivity index (χ3n) is 6.20. The number of rotatable bonds is 6. The molecule has 8 heteroatoms. The van der Waals surface area contributed by atoms with Gasteiger partial charge in [0.15, 0.2) is 0 Å². The minimum Gasteiger partial charge on any atom is -0.481 e. The monoisotopic (exact) mass is 440 g/mol. The van der Waals surface area contributed by atoms with E-state index in [1.54, 1.807) is 11.0 Å². The number of fused-ring (bicyclic) bond motifs is 2. The molecule has 1 atom stereocenters. The highest BCUT2D eigenvalue weighted by Gasteiger charge is 2.26. The van der Waals surface area contributed by atoms with Crippen LogP contribution in [0.3, 0.4) is 0 Å². The Bertz CT molecular complexity index is 997. The average Bonchev–Trinajstić information content (AvgIpc) is 2.95. The summed E-state index contributed by atoms with van der Waals surface area (Å²) in [4.78, 5) is 30.3. The van der Waals surface area contributed by atoms with Gasteiger partial charge in [0.25, 0.3) is 0 Å². The summed E-state index contributed by atoms with van der Waals surface area (Å²) in [5, 5.41) is 15.5. The van der Waals surface area contributed by atoms with Gasteiger partial charge < -0.3 is 20.6 Å². The summed E-state index contributed by atoms with van der Waals surface area (Å²) in [5.74, 6) is -0.532. The number of anilines is 1. The van der Waals surface area contributed by atoms with E-state index < -0.39 is 5.97 Å². The van der Waals surface area contributed by atoms with Crippen LogP contribution in [-0.4, -0.2) is 46.6 Å². The van der Waals surface area contributed by atoms with Crippen LogP contribution >= 0.6 is 0 Å². The maximum Gasteiger partial charge on any atom is 0.317 e. The highest BCUT2D eigenvalue weighted by Crippen LogP contribution is 2.31. The van der Waals surface area contributed by atoms with Gasteiger partial charge in [-0.05, 0) is 72.9 Å². The highest BCUT2D eigenvalue weighted by molar-refractivity contribution is 5.74. The van der Waals surface area contributed by atoms with Crippen LogP contribution < -0.4 is 10.6 Å². The fraction of sp³-hybridized carbons (Fsp3) is 0.458. The second kappa shape index (κ2) is 9.97. The first-order valence-electron chi connectivity index (χ1n) is 11.2. The van der Waals surface area contributed by atoms with Crippen molar-refractivity contribution < 1.29 is 19.1 Å². The van der Waals surface area contributed by atoms with Crippen molar-refractivity contribution in [1.82, 2.24) is 15.2 Å². The number of pyridine rings is 1. The maximum absolute atomic E-state index is 13.8. The number of nitrogens with one attached hydrogen (secondary N) is 2. The molecule has 3 heterocycles. The van der Waals surface area contributed by atoms with E-state index in [4.69, 9.17) is 0 Å². The number of carbonyl (C=O) groups is 2. The Balaban J connectivity index is 1.32. The van der Waals surface area contributed by atoms with Gasteiger partial charge in [-0.2, -0.15) is 0 Å². The molecule has 7 nitrogen and oxygen atoms in total. The van der Waals surface area contributed by atoms with Gasteiger partial charge in [-0.15, -0.1) is 0 Å². The zero-order chi connectivity index (χ0) is 22.5. The second-order valence-corrected chi connectivity index (χ2v) is 8.52. The summed E-state index contributed by atoms with van der Waals surface area (Å²) in [6, 6.07) is 8.39. The summed E-state index contributed by atoms with van der Waals surface area (Å²) in [6.45, 7) is 2.16. The van der Waals surface area contributed by atoms with E-state index in [1.165, 1.54) is 17.7 Å². The average molecular weight is 441 g/mol. The number of nitrogens with zero attached hydrogens (tertiary/aromatic N) is 2. The van der Waals surface area contributed by atoms with Gasteiger partial charge in [0.1, 0.15) is 11.6 Å². The van der Waals surface area contributed by atoms with Gasteiger partial charge in [-0.3, -0.25) is 4.79 Å². The highest BCUT2D eigenvalue weighted by atomic mass is 19.1. The largest absolute Gasteiger partial charge is 0.481 e. The van der Waals surface area contributed by atoms with E-state index in [1.807, 2.05) is 0 Å². The molecule has 1 unspecified atom stereocenters. The molecular formula is C24H29FN4O3. The quantitative estimate of drug-likeness (QED) is 0.596. The minimum absolute atomic E-state index is 0.0310. The maximum atomic E-state index is 13.8. The molecule has 2 aliphatic rings. The number of carboxylic acids is 1. The Kier molecular flexibility index (Phi) is 6.87. The Labute approximate surface area is 187 Å². The Morgan fingerprint density at radius 2 is 2.12 bits per heavy atom. The standard InChI is InChI=1S/C24H29FN4O3/c25-19-6-8-21-17(14-22(30)31)9-12-29(15-18(21)13-19)24(32)27-11-2-4-20-7-5-16-3-1-10-26-23(16)28-20/h5-8,13,17H,1-4,9-12,14-15H2,(H,26,28)(H,27,32)(H,30,31). The predicted molar refractivity (Wildman–Crippen MR) is 119 cm³/mol. The van der Waals surface area contributed by atoms with Crippen molar-refractivity contribution in [2.45, 2.75) is 51.0 Å². The van der Waals surface area contributed by atoms with E-state index in [0.717, 1.165) is 49.3 Å². The second-order valence-electron chi connectivity index (χ2n) is 8.52. The molecule has 3 N–H and O–H groups in total. The first-order valence-corrected chi connectivity index (χ1v) is 11.2. The Hall–Kier alpha value is -3.16. The topological polar surface area (TPSA) is 94.6 Å². The molecule has 0 bridgehead atoms. The number of carbonyl (C=O) groups excluding carboxylic acids is 1.